The first-order valence-corrected chi connectivity index (χ1v) is 15.4. The fourth-order valence-electron chi connectivity index (χ4n) is 2.22. The van der Waals surface area contributed by atoms with Crippen molar-refractivity contribution in [3.8, 4) is 0 Å². The summed E-state index contributed by atoms with van der Waals surface area (Å²) in [4.78, 5) is 0. The highest BCUT2D eigenvalue weighted by Crippen LogP contribution is 2.17. The Bertz CT molecular complexity index is 262. The van der Waals surface area contributed by atoms with E-state index in [4.69, 9.17) is 14.6 Å². The van der Waals surface area contributed by atoms with Crippen molar-refractivity contribution < 1.29 is 8.85 Å². The average Bonchev–Trinajstić information content (AvgIpc) is 2.32. The van der Waals surface area contributed by atoms with Gasteiger partial charge in [-0.15, -0.1) is 0 Å². The van der Waals surface area contributed by atoms with Crippen LogP contribution in [0.5, 0.6) is 0 Å². The molecule has 0 heterocycles. The van der Waals surface area contributed by atoms with E-state index in [2.05, 4.69) is 46.2 Å². The molecule has 0 aliphatic carbocycles. The first-order chi connectivity index (χ1) is 9.55. The van der Waals surface area contributed by atoms with Gasteiger partial charge in [0.15, 0.2) is 16.6 Å². The SMILES string of the molecule is CCCCCCC[C@@H](O[Si](C)(C)C)[C@@H](N)CO[Si](C)(C)C. The van der Waals surface area contributed by atoms with E-state index in [9.17, 15) is 0 Å². The van der Waals surface area contributed by atoms with Gasteiger partial charge in [0, 0.05) is 0 Å². The van der Waals surface area contributed by atoms with Crippen molar-refractivity contribution in [1.82, 2.24) is 0 Å². The molecule has 0 amide bonds. The fourth-order valence-corrected chi connectivity index (χ4v) is 4.11. The molecule has 0 aromatic heterocycles. The van der Waals surface area contributed by atoms with Gasteiger partial charge in [0.1, 0.15) is 0 Å². The van der Waals surface area contributed by atoms with E-state index in [-0.39, 0.29) is 12.1 Å². The zero-order valence-corrected chi connectivity index (χ0v) is 17.5. The lowest BCUT2D eigenvalue weighted by atomic mass is 10.0. The third-order valence-electron chi connectivity index (χ3n) is 3.28. The highest BCUT2D eigenvalue weighted by atomic mass is 28.4. The number of hydrogen-bond acceptors (Lipinski definition) is 3. The molecule has 0 aliphatic heterocycles. The van der Waals surface area contributed by atoms with Gasteiger partial charge in [-0.05, 0) is 45.7 Å². The molecule has 0 aromatic carbocycles. The second-order valence-electron chi connectivity index (χ2n) is 8.06. The maximum Gasteiger partial charge on any atom is 0.184 e. The monoisotopic (exact) mass is 333 g/mol. The molecule has 0 rings (SSSR count). The van der Waals surface area contributed by atoms with Crippen LogP contribution in [-0.2, 0) is 8.85 Å². The molecule has 0 radical (unpaired) electrons. The molecule has 3 nitrogen and oxygen atoms in total. The van der Waals surface area contributed by atoms with E-state index >= 15 is 0 Å². The van der Waals surface area contributed by atoms with Gasteiger partial charge in [-0.2, -0.15) is 0 Å². The quantitative estimate of drug-likeness (QED) is 0.414. The molecule has 2 N–H and O–H groups in total. The predicted molar refractivity (Wildman–Crippen MR) is 98.9 cm³/mol. The minimum Gasteiger partial charge on any atom is -0.416 e. The number of unbranched alkanes of at least 4 members (excludes halogenated alkanes) is 4. The van der Waals surface area contributed by atoms with Crippen LogP contribution in [0.2, 0.25) is 39.3 Å². The van der Waals surface area contributed by atoms with Crippen molar-refractivity contribution in [2.24, 2.45) is 5.73 Å². The average molecular weight is 334 g/mol. The van der Waals surface area contributed by atoms with Crippen LogP contribution in [0, 0.1) is 0 Å². The third kappa shape index (κ3) is 13.7. The van der Waals surface area contributed by atoms with Gasteiger partial charge in [0.2, 0.25) is 0 Å². The smallest absolute Gasteiger partial charge is 0.184 e. The summed E-state index contributed by atoms with van der Waals surface area (Å²) in [5.74, 6) is 0. The Kier molecular flexibility index (Phi) is 10.3. The third-order valence-corrected chi connectivity index (χ3v) is 5.33. The normalized spacial score (nSPS) is 16.0. The summed E-state index contributed by atoms with van der Waals surface area (Å²) in [6, 6.07) is 0.00891. The molecule has 21 heavy (non-hydrogen) atoms. The van der Waals surface area contributed by atoms with Crippen LogP contribution >= 0.6 is 0 Å². The highest BCUT2D eigenvalue weighted by Gasteiger charge is 2.27. The van der Waals surface area contributed by atoms with Crippen molar-refractivity contribution in [2.45, 2.75) is 96.9 Å². The number of nitrogens with two attached hydrogens (primary N) is 1. The molecular weight excluding hydrogens is 294 g/mol. The maximum atomic E-state index is 6.37. The molecule has 128 valence electrons. The van der Waals surface area contributed by atoms with E-state index in [0.717, 1.165) is 6.42 Å². The molecule has 0 aliphatic rings. The van der Waals surface area contributed by atoms with E-state index in [1.54, 1.807) is 0 Å². The van der Waals surface area contributed by atoms with Gasteiger partial charge in [-0.25, -0.2) is 0 Å². The summed E-state index contributed by atoms with van der Waals surface area (Å²) in [5, 5.41) is 0. The van der Waals surface area contributed by atoms with Gasteiger partial charge in [-0.1, -0.05) is 39.0 Å². The van der Waals surface area contributed by atoms with Crippen molar-refractivity contribution >= 4 is 16.6 Å². The van der Waals surface area contributed by atoms with Crippen molar-refractivity contribution in [1.29, 1.82) is 0 Å². The lowest BCUT2D eigenvalue weighted by Crippen LogP contribution is -2.47. The van der Waals surface area contributed by atoms with Crippen LogP contribution in [0.25, 0.3) is 0 Å². The van der Waals surface area contributed by atoms with Crippen molar-refractivity contribution in [3.63, 3.8) is 0 Å². The Morgan fingerprint density at radius 1 is 0.857 bits per heavy atom. The van der Waals surface area contributed by atoms with Gasteiger partial charge in [-0.3, -0.25) is 0 Å². The molecule has 0 fully saturated rings. The Balaban J connectivity index is 4.30. The van der Waals surface area contributed by atoms with Crippen LogP contribution in [0.1, 0.15) is 45.4 Å². The second kappa shape index (κ2) is 10.2. The summed E-state index contributed by atoms with van der Waals surface area (Å²) < 4.78 is 12.3. The van der Waals surface area contributed by atoms with Gasteiger partial charge in [0.25, 0.3) is 0 Å². The lowest BCUT2D eigenvalue weighted by molar-refractivity contribution is 0.118. The summed E-state index contributed by atoms with van der Waals surface area (Å²) in [6.45, 7) is 16.2. The first kappa shape index (κ1) is 21.3. The van der Waals surface area contributed by atoms with Gasteiger partial charge >= 0.3 is 0 Å². The fraction of sp³-hybridized carbons (Fsp3) is 1.00. The molecule has 0 aromatic rings. The summed E-state index contributed by atoms with van der Waals surface area (Å²) in [6.07, 6.45) is 7.70. The van der Waals surface area contributed by atoms with Crippen LogP contribution in [0.3, 0.4) is 0 Å². The molecule has 2 atom stereocenters. The molecule has 5 heteroatoms. The summed E-state index contributed by atoms with van der Waals surface area (Å²) >= 11 is 0. The summed E-state index contributed by atoms with van der Waals surface area (Å²) in [7, 11) is -3.06. The van der Waals surface area contributed by atoms with Crippen LogP contribution in [0.15, 0.2) is 0 Å². The first-order valence-electron chi connectivity index (χ1n) is 8.62. The Hall–Kier alpha value is 0.314. The number of hydrogen-bond donors (Lipinski definition) is 1. The zero-order valence-electron chi connectivity index (χ0n) is 15.5. The maximum absolute atomic E-state index is 6.37. The van der Waals surface area contributed by atoms with E-state index < -0.39 is 16.6 Å². The molecule has 0 spiro atoms. The molecule has 0 bridgehead atoms. The predicted octanol–water partition coefficient (Wildman–Crippen LogP) is 4.75. The highest BCUT2D eigenvalue weighted by molar-refractivity contribution is 6.70. The number of rotatable bonds is 12. The lowest BCUT2D eigenvalue weighted by Gasteiger charge is -2.32. The topological polar surface area (TPSA) is 44.5 Å². The second-order valence-corrected chi connectivity index (χ2v) is 17.0. The van der Waals surface area contributed by atoms with E-state index in [1.807, 2.05) is 0 Å². The summed E-state index contributed by atoms with van der Waals surface area (Å²) in [5.41, 5.74) is 6.37. The van der Waals surface area contributed by atoms with E-state index in [0.29, 0.717) is 6.61 Å². The van der Waals surface area contributed by atoms with Gasteiger partial charge < -0.3 is 14.6 Å². The molecule has 0 saturated heterocycles. The largest absolute Gasteiger partial charge is 0.416 e. The van der Waals surface area contributed by atoms with Gasteiger partial charge in [0.05, 0.1) is 18.8 Å². The van der Waals surface area contributed by atoms with Crippen LogP contribution in [0.4, 0.5) is 0 Å². The van der Waals surface area contributed by atoms with Crippen LogP contribution < -0.4 is 5.73 Å². The molecule has 0 unspecified atom stereocenters. The minimum absolute atomic E-state index is 0.00891. The van der Waals surface area contributed by atoms with Crippen molar-refractivity contribution in [3.05, 3.63) is 0 Å². The minimum atomic E-state index is -1.56. The standard InChI is InChI=1S/C16H39NO2Si2/c1-8-9-10-11-12-13-16(19-21(5,6)7)15(17)14-18-20(2,3)4/h15-16H,8-14,17H2,1-7H3/t15-,16+/m0/s1. The van der Waals surface area contributed by atoms with Crippen LogP contribution in [-0.4, -0.2) is 35.4 Å². The Morgan fingerprint density at radius 2 is 1.43 bits per heavy atom. The molecule has 0 saturated carbocycles. The van der Waals surface area contributed by atoms with E-state index in [1.165, 1.54) is 32.1 Å². The van der Waals surface area contributed by atoms with Crippen molar-refractivity contribution in [2.75, 3.05) is 6.61 Å². The zero-order chi connectivity index (χ0) is 16.5. The Morgan fingerprint density at radius 3 is 1.90 bits per heavy atom. The Labute approximate surface area is 135 Å². The molecular formula is C16H39NO2Si2.